The first-order chi connectivity index (χ1) is 9.69. The van der Waals surface area contributed by atoms with E-state index in [1.165, 1.54) is 0 Å². The normalized spacial score (nSPS) is 15.9. The van der Waals surface area contributed by atoms with Crippen molar-refractivity contribution in [3.05, 3.63) is 0 Å². The van der Waals surface area contributed by atoms with Crippen LogP contribution in [0.5, 0.6) is 0 Å². The summed E-state index contributed by atoms with van der Waals surface area (Å²) in [4.78, 5) is 17.7. The Bertz CT molecular complexity index is 380. The molecule has 21 heavy (non-hydrogen) atoms. The maximum Gasteiger partial charge on any atom is 0.240 e. The van der Waals surface area contributed by atoms with Gasteiger partial charge in [0.05, 0.1) is 11.9 Å². The standard InChI is InChI=1S/C12H22N6OS.ClH/c1-15-12(17-8-13)16-5-3-2-4-10(14)11(19)18-6-7-20-9-18;/h10H,2-7,9,14H2,1H3,(H2,15,16,17);1H/t10-;/m0./s1. The number of carbonyl (C=O) groups excluding carboxylic acids is 1. The maximum absolute atomic E-state index is 12.0. The SMILES string of the molecule is CN=C(NC#N)NCCCC[C@H](N)C(=O)N1CCSC1.Cl. The number of halogens is 1. The van der Waals surface area contributed by atoms with Crippen molar-refractivity contribution in [3.8, 4) is 6.19 Å². The van der Waals surface area contributed by atoms with Crippen LogP contribution in [0.3, 0.4) is 0 Å². The highest BCUT2D eigenvalue weighted by molar-refractivity contribution is 7.99. The van der Waals surface area contributed by atoms with Crippen molar-refractivity contribution in [3.63, 3.8) is 0 Å². The molecule has 9 heteroatoms. The van der Waals surface area contributed by atoms with Gasteiger partial charge >= 0.3 is 0 Å². The number of nitrogens with two attached hydrogens (primary N) is 1. The number of hydrogen-bond donors (Lipinski definition) is 3. The van der Waals surface area contributed by atoms with Crippen molar-refractivity contribution < 1.29 is 4.79 Å². The molecule has 1 aliphatic rings. The summed E-state index contributed by atoms with van der Waals surface area (Å²) in [6, 6.07) is -0.398. The van der Waals surface area contributed by atoms with Crippen molar-refractivity contribution in [1.29, 1.82) is 5.26 Å². The fourth-order valence-corrected chi connectivity index (χ4v) is 2.83. The van der Waals surface area contributed by atoms with Crippen LogP contribution in [0.2, 0.25) is 0 Å². The number of rotatable bonds is 6. The van der Waals surface area contributed by atoms with Crippen molar-refractivity contribution in [2.75, 3.05) is 31.8 Å². The number of hydrogen-bond acceptors (Lipinski definition) is 5. The predicted octanol–water partition coefficient (Wildman–Crippen LogP) is 0.0848. The van der Waals surface area contributed by atoms with Crippen LogP contribution in [-0.4, -0.2) is 54.6 Å². The summed E-state index contributed by atoms with van der Waals surface area (Å²) >= 11 is 1.76. The number of nitriles is 1. The van der Waals surface area contributed by atoms with Gasteiger partial charge in [0.25, 0.3) is 0 Å². The summed E-state index contributed by atoms with van der Waals surface area (Å²) in [7, 11) is 1.61. The molecule has 0 aliphatic carbocycles. The van der Waals surface area contributed by atoms with E-state index in [0.29, 0.717) is 18.9 Å². The smallest absolute Gasteiger partial charge is 0.240 e. The zero-order valence-electron chi connectivity index (χ0n) is 12.2. The van der Waals surface area contributed by atoms with Crippen LogP contribution in [0.4, 0.5) is 0 Å². The van der Waals surface area contributed by atoms with Crippen LogP contribution in [0.25, 0.3) is 0 Å². The predicted molar refractivity (Wildman–Crippen MR) is 88.2 cm³/mol. The van der Waals surface area contributed by atoms with E-state index in [2.05, 4.69) is 15.6 Å². The number of guanidine groups is 1. The van der Waals surface area contributed by atoms with E-state index in [-0.39, 0.29) is 18.3 Å². The quantitative estimate of drug-likeness (QED) is 0.209. The summed E-state index contributed by atoms with van der Waals surface area (Å²) < 4.78 is 0. The minimum absolute atomic E-state index is 0. The molecule has 1 rings (SSSR count). The number of unbranched alkanes of at least 4 members (excludes halogenated alkanes) is 1. The van der Waals surface area contributed by atoms with Crippen LogP contribution >= 0.6 is 24.2 Å². The third-order valence-electron chi connectivity index (χ3n) is 3.01. The fourth-order valence-electron chi connectivity index (χ4n) is 1.87. The third-order valence-corrected chi connectivity index (χ3v) is 3.98. The Kier molecular flexibility index (Phi) is 10.8. The highest BCUT2D eigenvalue weighted by Crippen LogP contribution is 2.15. The Morgan fingerprint density at radius 2 is 2.33 bits per heavy atom. The van der Waals surface area contributed by atoms with Crippen LogP contribution in [0, 0.1) is 11.5 Å². The molecule has 0 saturated carbocycles. The van der Waals surface area contributed by atoms with Crippen molar-refractivity contribution in [2.24, 2.45) is 10.7 Å². The average Bonchev–Trinajstić information content (AvgIpc) is 2.98. The van der Waals surface area contributed by atoms with Gasteiger partial charge in [0.1, 0.15) is 0 Å². The Labute approximate surface area is 136 Å². The molecular formula is C12H23ClN6OS. The molecule has 0 spiro atoms. The molecular weight excluding hydrogens is 312 g/mol. The van der Waals surface area contributed by atoms with Crippen molar-refractivity contribution in [2.45, 2.75) is 25.3 Å². The lowest BCUT2D eigenvalue weighted by Gasteiger charge is -2.19. The lowest BCUT2D eigenvalue weighted by atomic mass is 10.1. The topological polar surface area (TPSA) is 107 Å². The largest absolute Gasteiger partial charge is 0.356 e. The number of thioether (sulfide) groups is 1. The number of aliphatic imine (C=N–C) groups is 1. The van der Waals surface area contributed by atoms with Gasteiger partial charge in [-0.15, -0.1) is 24.2 Å². The Hall–Kier alpha value is -1.17. The molecule has 0 aromatic carbocycles. The van der Waals surface area contributed by atoms with E-state index in [9.17, 15) is 4.79 Å². The van der Waals surface area contributed by atoms with Crippen LogP contribution in [0.1, 0.15) is 19.3 Å². The molecule has 1 aliphatic heterocycles. The van der Waals surface area contributed by atoms with E-state index in [0.717, 1.165) is 31.0 Å². The number of carbonyl (C=O) groups is 1. The van der Waals surface area contributed by atoms with Gasteiger partial charge in [-0.25, -0.2) is 0 Å². The van der Waals surface area contributed by atoms with Gasteiger partial charge in [-0.1, -0.05) is 0 Å². The van der Waals surface area contributed by atoms with Gasteiger partial charge in [0, 0.05) is 25.9 Å². The Morgan fingerprint density at radius 3 is 2.90 bits per heavy atom. The summed E-state index contributed by atoms with van der Waals surface area (Å²) in [5.74, 6) is 2.30. The minimum atomic E-state index is -0.398. The lowest BCUT2D eigenvalue weighted by Crippen LogP contribution is -2.42. The van der Waals surface area contributed by atoms with E-state index in [1.54, 1.807) is 18.8 Å². The molecule has 1 fully saturated rings. The Morgan fingerprint density at radius 1 is 1.57 bits per heavy atom. The fraction of sp³-hybridized carbons (Fsp3) is 0.750. The molecule has 0 bridgehead atoms. The van der Waals surface area contributed by atoms with E-state index >= 15 is 0 Å². The first-order valence-corrected chi connectivity index (χ1v) is 7.82. The van der Waals surface area contributed by atoms with Gasteiger partial charge < -0.3 is 16.0 Å². The molecule has 1 atom stereocenters. The van der Waals surface area contributed by atoms with Crippen LogP contribution < -0.4 is 16.4 Å². The molecule has 1 amide bonds. The average molecular weight is 335 g/mol. The van der Waals surface area contributed by atoms with Gasteiger partial charge in [-0.05, 0) is 19.3 Å². The molecule has 1 heterocycles. The van der Waals surface area contributed by atoms with Crippen LogP contribution in [-0.2, 0) is 4.79 Å². The molecule has 120 valence electrons. The third kappa shape index (κ3) is 7.41. The zero-order valence-corrected chi connectivity index (χ0v) is 13.8. The van der Waals surface area contributed by atoms with E-state index < -0.39 is 6.04 Å². The highest BCUT2D eigenvalue weighted by atomic mass is 35.5. The monoisotopic (exact) mass is 334 g/mol. The highest BCUT2D eigenvalue weighted by Gasteiger charge is 2.23. The van der Waals surface area contributed by atoms with Gasteiger partial charge in [-0.3, -0.25) is 15.1 Å². The Balaban J connectivity index is 0.00000400. The summed E-state index contributed by atoms with van der Waals surface area (Å²) in [5, 5.41) is 13.9. The number of nitrogens with zero attached hydrogens (tertiary/aromatic N) is 3. The lowest BCUT2D eigenvalue weighted by molar-refractivity contribution is -0.131. The molecule has 0 aromatic heterocycles. The molecule has 1 saturated heterocycles. The first kappa shape index (κ1) is 19.8. The van der Waals surface area contributed by atoms with Gasteiger partial charge in [0.2, 0.25) is 11.9 Å². The van der Waals surface area contributed by atoms with Gasteiger partial charge in [0.15, 0.2) is 6.19 Å². The molecule has 0 unspecified atom stereocenters. The molecule has 7 nitrogen and oxygen atoms in total. The summed E-state index contributed by atoms with van der Waals surface area (Å²) in [6.07, 6.45) is 4.24. The first-order valence-electron chi connectivity index (χ1n) is 6.67. The van der Waals surface area contributed by atoms with E-state index in [4.69, 9.17) is 11.0 Å². The minimum Gasteiger partial charge on any atom is -0.356 e. The second-order valence-corrected chi connectivity index (χ2v) is 5.55. The summed E-state index contributed by atoms with van der Waals surface area (Å²) in [6.45, 7) is 1.51. The molecule has 0 aromatic rings. The molecule has 4 N–H and O–H groups in total. The van der Waals surface area contributed by atoms with Crippen molar-refractivity contribution >= 4 is 36.0 Å². The van der Waals surface area contributed by atoms with Gasteiger partial charge in [-0.2, -0.15) is 5.26 Å². The van der Waals surface area contributed by atoms with Crippen molar-refractivity contribution in [1.82, 2.24) is 15.5 Å². The second-order valence-electron chi connectivity index (χ2n) is 4.48. The maximum atomic E-state index is 12.0. The summed E-state index contributed by atoms with van der Waals surface area (Å²) in [5.41, 5.74) is 5.91. The molecule has 0 radical (unpaired) electrons. The van der Waals surface area contributed by atoms with Crippen LogP contribution in [0.15, 0.2) is 4.99 Å². The number of amides is 1. The zero-order chi connectivity index (χ0) is 14.8. The number of nitrogens with one attached hydrogen (secondary N) is 2. The second kappa shape index (κ2) is 11.5. The van der Waals surface area contributed by atoms with E-state index in [1.807, 2.05) is 11.1 Å².